The van der Waals surface area contributed by atoms with Crippen molar-refractivity contribution in [3.8, 4) is 0 Å². The van der Waals surface area contributed by atoms with E-state index in [1.165, 1.54) is 23.3 Å². The summed E-state index contributed by atoms with van der Waals surface area (Å²) in [6, 6.07) is 8.84. The van der Waals surface area contributed by atoms with E-state index in [2.05, 4.69) is 77.2 Å². The Hall–Kier alpha value is -1.20. The van der Waals surface area contributed by atoms with E-state index in [9.17, 15) is 0 Å². The predicted octanol–water partition coefficient (Wildman–Crippen LogP) is 2.65. The molecule has 0 amide bonds. The third-order valence-electron chi connectivity index (χ3n) is 4.08. The summed E-state index contributed by atoms with van der Waals surface area (Å²) < 4.78 is 0. The van der Waals surface area contributed by atoms with Gasteiger partial charge in [-0.05, 0) is 31.6 Å². The minimum atomic E-state index is 0.729. The van der Waals surface area contributed by atoms with E-state index in [4.69, 9.17) is 0 Å². The average Bonchev–Trinajstić information content (AvgIpc) is 2.56. The van der Waals surface area contributed by atoms with Crippen LogP contribution >= 0.6 is 11.8 Å². The number of hydrogen-bond acceptors (Lipinski definition) is 3. The second-order valence-corrected chi connectivity index (χ2v) is 7.71. The molecule has 1 atom stereocenters. The van der Waals surface area contributed by atoms with Crippen LogP contribution in [-0.2, 0) is 13.1 Å². The van der Waals surface area contributed by atoms with Crippen molar-refractivity contribution in [3.05, 3.63) is 35.4 Å². The minimum Gasteiger partial charge on any atom is -0.352 e. The van der Waals surface area contributed by atoms with Crippen LogP contribution in [0.15, 0.2) is 29.3 Å². The van der Waals surface area contributed by atoms with Gasteiger partial charge in [0.25, 0.3) is 0 Å². The molecule has 1 N–H and O–H groups in total. The molecule has 128 valence electrons. The second kappa shape index (κ2) is 9.18. The highest BCUT2D eigenvalue weighted by Gasteiger charge is 2.21. The fourth-order valence-corrected chi connectivity index (χ4v) is 3.98. The van der Waals surface area contributed by atoms with Crippen molar-refractivity contribution in [1.82, 2.24) is 15.1 Å². The molecular formula is C18H30N4S. The predicted molar refractivity (Wildman–Crippen MR) is 102 cm³/mol. The number of nitrogens with one attached hydrogen (secondary N) is 1. The fourth-order valence-electron chi connectivity index (χ4n) is 2.80. The highest BCUT2D eigenvalue weighted by atomic mass is 32.2. The number of aliphatic imine (C=N–C) groups is 1. The number of benzene rings is 1. The van der Waals surface area contributed by atoms with Crippen LogP contribution in [0.1, 0.15) is 24.5 Å². The van der Waals surface area contributed by atoms with Gasteiger partial charge in [0.2, 0.25) is 0 Å². The molecule has 2 rings (SSSR count). The van der Waals surface area contributed by atoms with Gasteiger partial charge >= 0.3 is 0 Å². The number of rotatable bonds is 5. The Bertz CT molecular complexity index is 498. The van der Waals surface area contributed by atoms with Crippen LogP contribution in [-0.4, -0.2) is 61.0 Å². The van der Waals surface area contributed by atoms with Gasteiger partial charge in [-0.2, -0.15) is 11.8 Å². The smallest absolute Gasteiger partial charge is 0.193 e. The lowest BCUT2D eigenvalue weighted by Crippen LogP contribution is -2.47. The van der Waals surface area contributed by atoms with Crippen LogP contribution in [0.5, 0.6) is 0 Å². The zero-order chi connectivity index (χ0) is 16.7. The van der Waals surface area contributed by atoms with Gasteiger partial charge < -0.3 is 15.1 Å². The van der Waals surface area contributed by atoms with E-state index in [0.717, 1.165) is 37.4 Å². The largest absolute Gasteiger partial charge is 0.352 e. The van der Waals surface area contributed by atoms with Crippen LogP contribution in [0.3, 0.4) is 0 Å². The molecule has 0 bridgehead atoms. The summed E-state index contributed by atoms with van der Waals surface area (Å²) in [5, 5.41) is 4.25. The summed E-state index contributed by atoms with van der Waals surface area (Å²) in [7, 11) is 6.07. The van der Waals surface area contributed by atoms with Crippen LogP contribution < -0.4 is 5.32 Å². The van der Waals surface area contributed by atoms with Crippen LogP contribution in [0.2, 0.25) is 0 Å². The molecule has 0 saturated carbocycles. The first-order valence-corrected chi connectivity index (χ1v) is 9.47. The van der Waals surface area contributed by atoms with E-state index in [1.54, 1.807) is 0 Å². The lowest BCUT2D eigenvalue weighted by Gasteiger charge is -2.34. The Balaban J connectivity index is 1.88. The van der Waals surface area contributed by atoms with Gasteiger partial charge in [-0.1, -0.05) is 31.2 Å². The third-order valence-corrected chi connectivity index (χ3v) is 5.45. The zero-order valence-electron chi connectivity index (χ0n) is 14.9. The van der Waals surface area contributed by atoms with Crippen molar-refractivity contribution in [3.63, 3.8) is 0 Å². The molecule has 1 fully saturated rings. The van der Waals surface area contributed by atoms with Crippen molar-refractivity contribution in [2.75, 3.05) is 40.0 Å². The molecule has 1 heterocycles. The van der Waals surface area contributed by atoms with Crippen LogP contribution in [0, 0.1) is 0 Å². The van der Waals surface area contributed by atoms with Crippen molar-refractivity contribution in [1.29, 1.82) is 0 Å². The summed E-state index contributed by atoms with van der Waals surface area (Å²) in [6.45, 7) is 6.27. The quantitative estimate of drug-likeness (QED) is 0.662. The summed E-state index contributed by atoms with van der Waals surface area (Å²) in [5.74, 6) is 2.22. The Morgan fingerprint density at radius 2 is 2.00 bits per heavy atom. The molecule has 1 aliphatic rings. The number of guanidine groups is 1. The average molecular weight is 335 g/mol. The lowest BCUT2D eigenvalue weighted by atomic mass is 10.1. The molecule has 0 aliphatic carbocycles. The molecule has 0 spiro atoms. The molecule has 1 aliphatic heterocycles. The molecule has 23 heavy (non-hydrogen) atoms. The van der Waals surface area contributed by atoms with E-state index in [0.29, 0.717) is 0 Å². The molecule has 1 aromatic carbocycles. The normalized spacial score (nSPS) is 19.3. The Labute approximate surface area is 145 Å². The maximum atomic E-state index is 4.47. The first-order valence-electron chi connectivity index (χ1n) is 8.42. The number of hydrogen-bond donors (Lipinski definition) is 1. The number of nitrogens with zero attached hydrogens (tertiary/aromatic N) is 3. The first kappa shape index (κ1) is 18.1. The van der Waals surface area contributed by atoms with Gasteiger partial charge in [0.05, 0.1) is 0 Å². The van der Waals surface area contributed by atoms with Crippen LogP contribution in [0.25, 0.3) is 0 Å². The third kappa shape index (κ3) is 5.74. The Kier molecular flexibility index (Phi) is 7.24. The molecule has 0 radical (unpaired) electrons. The highest BCUT2D eigenvalue weighted by Crippen LogP contribution is 2.21. The molecule has 1 saturated heterocycles. The van der Waals surface area contributed by atoms with E-state index in [1.807, 2.05) is 7.05 Å². The monoisotopic (exact) mass is 334 g/mol. The maximum absolute atomic E-state index is 4.47. The van der Waals surface area contributed by atoms with Crippen molar-refractivity contribution < 1.29 is 0 Å². The van der Waals surface area contributed by atoms with E-state index in [-0.39, 0.29) is 0 Å². The van der Waals surface area contributed by atoms with Gasteiger partial charge in [-0.3, -0.25) is 4.99 Å². The molecule has 0 aromatic heterocycles. The summed E-state index contributed by atoms with van der Waals surface area (Å²) >= 11 is 2.09. The molecule has 1 unspecified atom stereocenters. The summed E-state index contributed by atoms with van der Waals surface area (Å²) in [5.41, 5.74) is 2.65. The van der Waals surface area contributed by atoms with Crippen molar-refractivity contribution in [2.45, 2.75) is 31.7 Å². The summed E-state index contributed by atoms with van der Waals surface area (Å²) in [4.78, 5) is 9.05. The van der Waals surface area contributed by atoms with Gasteiger partial charge in [0.15, 0.2) is 5.96 Å². The van der Waals surface area contributed by atoms with Gasteiger partial charge in [-0.25, -0.2) is 0 Å². The topological polar surface area (TPSA) is 30.9 Å². The Morgan fingerprint density at radius 1 is 1.30 bits per heavy atom. The second-order valence-electron chi connectivity index (χ2n) is 6.30. The van der Waals surface area contributed by atoms with Gasteiger partial charge in [0, 0.05) is 44.2 Å². The summed E-state index contributed by atoms with van der Waals surface area (Å²) in [6.07, 6.45) is 1.23. The molecule has 1 aromatic rings. The molecule has 4 nitrogen and oxygen atoms in total. The lowest BCUT2D eigenvalue weighted by molar-refractivity contribution is 0.402. The van der Waals surface area contributed by atoms with Crippen LogP contribution in [0.4, 0.5) is 0 Å². The zero-order valence-corrected chi connectivity index (χ0v) is 15.7. The fraction of sp³-hybridized carbons (Fsp3) is 0.611. The maximum Gasteiger partial charge on any atom is 0.193 e. The molecule has 5 heteroatoms. The van der Waals surface area contributed by atoms with E-state index < -0.39 is 0 Å². The molecular weight excluding hydrogens is 304 g/mol. The first-order chi connectivity index (χ1) is 11.1. The Morgan fingerprint density at radius 3 is 2.61 bits per heavy atom. The van der Waals surface area contributed by atoms with Gasteiger partial charge in [-0.15, -0.1) is 0 Å². The SMILES string of the molecule is CCC1CN(C(=NC)NCc2ccc(CN(C)C)cc2)CCS1. The standard InChI is InChI=1S/C18H30N4S/c1-5-17-14-22(10-11-23-17)18(19-2)20-12-15-6-8-16(9-7-15)13-21(3)4/h6-9,17H,5,10-14H2,1-4H3,(H,19,20). The van der Waals surface area contributed by atoms with Crippen molar-refractivity contribution >= 4 is 17.7 Å². The van der Waals surface area contributed by atoms with E-state index >= 15 is 0 Å². The minimum absolute atomic E-state index is 0.729. The van der Waals surface area contributed by atoms with Gasteiger partial charge in [0.1, 0.15) is 0 Å². The van der Waals surface area contributed by atoms with Crippen molar-refractivity contribution in [2.24, 2.45) is 4.99 Å². The number of thioether (sulfide) groups is 1. The highest BCUT2D eigenvalue weighted by molar-refractivity contribution is 8.00.